The fraction of sp³-hybridized carbons (Fsp3) is 0.381. The number of methoxy groups -OCH3 is 2. The van der Waals surface area contributed by atoms with Crippen LogP contribution in [0.25, 0.3) is 0 Å². The molecule has 1 amide bonds. The molecule has 27 heavy (non-hydrogen) atoms. The lowest BCUT2D eigenvalue weighted by Crippen LogP contribution is -2.36. The molecule has 2 aromatic carbocycles. The second kappa shape index (κ2) is 8.77. The highest BCUT2D eigenvalue weighted by Crippen LogP contribution is 2.26. The molecule has 144 valence electrons. The van der Waals surface area contributed by atoms with Crippen molar-refractivity contribution >= 4 is 17.3 Å². The van der Waals surface area contributed by atoms with Crippen LogP contribution in [0.3, 0.4) is 0 Å². The van der Waals surface area contributed by atoms with E-state index in [2.05, 4.69) is 16.3 Å². The Hall–Kier alpha value is -2.73. The molecular weight excluding hydrogens is 344 g/mol. The number of benzene rings is 2. The third kappa shape index (κ3) is 4.71. The van der Waals surface area contributed by atoms with E-state index in [0.29, 0.717) is 11.5 Å². The number of nitrogens with one attached hydrogen (secondary N) is 1. The lowest BCUT2D eigenvalue weighted by Gasteiger charge is -2.29. The Morgan fingerprint density at radius 2 is 1.89 bits per heavy atom. The molecule has 1 aliphatic rings. The number of ether oxygens (including phenoxy) is 3. The third-order valence-corrected chi connectivity index (χ3v) is 4.70. The predicted molar refractivity (Wildman–Crippen MR) is 106 cm³/mol. The highest BCUT2D eigenvalue weighted by atomic mass is 16.5. The molecule has 0 aromatic heterocycles. The molecule has 3 rings (SSSR count). The summed E-state index contributed by atoms with van der Waals surface area (Å²) in [5, 5.41) is 3.00. The minimum absolute atomic E-state index is 0.0937. The Kier molecular flexibility index (Phi) is 6.19. The summed E-state index contributed by atoms with van der Waals surface area (Å²) < 4.78 is 16.0. The number of morpholine rings is 1. The lowest BCUT2D eigenvalue weighted by atomic mass is 10.1. The molecular formula is C21H26N2O4. The summed E-state index contributed by atoms with van der Waals surface area (Å²) >= 11 is 0. The van der Waals surface area contributed by atoms with Crippen LogP contribution in [0.5, 0.6) is 11.5 Å². The topological polar surface area (TPSA) is 60.0 Å². The Labute approximate surface area is 160 Å². The van der Waals surface area contributed by atoms with E-state index in [-0.39, 0.29) is 12.3 Å². The van der Waals surface area contributed by atoms with Gasteiger partial charge in [0.2, 0.25) is 5.91 Å². The van der Waals surface area contributed by atoms with E-state index in [4.69, 9.17) is 14.2 Å². The van der Waals surface area contributed by atoms with Crippen molar-refractivity contribution in [3.05, 3.63) is 47.5 Å². The minimum Gasteiger partial charge on any atom is -0.497 e. The Balaban J connectivity index is 1.69. The van der Waals surface area contributed by atoms with Crippen molar-refractivity contribution in [2.45, 2.75) is 13.3 Å². The van der Waals surface area contributed by atoms with Gasteiger partial charge in [-0.1, -0.05) is 0 Å². The molecule has 1 heterocycles. The van der Waals surface area contributed by atoms with Gasteiger partial charge in [-0.2, -0.15) is 0 Å². The number of anilines is 2. The summed E-state index contributed by atoms with van der Waals surface area (Å²) in [6.07, 6.45) is 0.213. The van der Waals surface area contributed by atoms with Crippen molar-refractivity contribution in [3.8, 4) is 11.5 Å². The van der Waals surface area contributed by atoms with Crippen molar-refractivity contribution < 1.29 is 19.0 Å². The molecule has 1 saturated heterocycles. The van der Waals surface area contributed by atoms with Crippen LogP contribution < -0.4 is 19.7 Å². The van der Waals surface area contributed by atoms with Gasteiger partial charge in [0.1, 0.15) is 11.5 Å². The zero-order valence-corrected chi connectivity index (χ0v) is 16.1. The summed E-state index contributed by atoms with van der Waals surface area (Å²) in [6.45, 7) is 5.28. The van der Waals surface area contributed by atoms with Gasteiger partial charge in [0.25, 0.3) is 0 Å². The van der Waals surface area contributed by atoms with Crippen molar-refractivity contribution in [1.29, 1.82) is 0 Å². The van der Waals surface area contributed by atoms with Gasteiger partial charge in [0, 0.05) is 30.0 Å². The number of nitrogens with zero attached hydrogens (tertiary/aromatic N) is 1. The molecule has 6 heteroatoms. The van der Waals surface area contributed by atoms with Crippen molar-refractivity contribution in [2.24, 2.45) is 0 Å². The maximum absolute atomic E-state index is 12.6. The number of carbonyl (C=O) groups is 1. The second-order valence-electron chi connectivity index (χ2n) is 6.50. The maximum atomic E-state index is 12.6. The first kappa shape index (κ1) is 19.0. The van der Waals surface area contributed by atoms with Gasteiger partial charge in [-0.05, 0) is 48.9 Å². The molecule has 1 aliphatic heterocycles. The standard InChI is InChI=1S/C21H26N2O4/c1-15-12-17(23-8-10-27-11-9-23)4-6-19(15)22-21(24)14-16-13-18(25-2)5-7-20(16)26-3/h4-7,12-13H,8-11,14H2,1-3H3,(H,22,24). The van der Waals surface area contributed by atoms with Gasteiger partial charge in [0.05, 0.1) is 33.9 Å². The van der Waals surface area contributed by atoms with Crippen LogP contribution in [0.2, 0.25) is 0 Å². The summed E-state index contributed by atoms with van der Waals surface area (Å²) in [7, 11) is 3.20. The molecule has 0 spiro atoms. The summed E-state index contributed by atoms with van der Waals surface area (Å²) in [5.74, 6) is 1.28. The number of hydrogen-bond acceptors (Lipinski definition) is 5. The first-order chi connectivity index (χ1) is 13.1. The quantitative estimate of drug-likeness (QED) is 0.847. The normalized spacial score (nSPS) is 14.0. The average Bonchev–Trinajstić information content (AvgIpc) is 2.70. The zero-order valence-electron chi connectivity index (χ0n) is 16.1. The smallest absolute Gasteiger partial charge is 0.228 e. The number of amides is 1. The summed E-state index contributed by atoms with van der Waals surface area (Å²) in [4.78, 5) is 14.8. The molecule has 0 bridgehead atoms. The molecule has 0 radical (unpaired) electrons. The number of carbonyl (C=O) groups excluding carboxylic acids is 1. The molecule has 1 fully saturated rings. The van der Waals surface area contributed by atoms with Crippen LogP contribution in [-0.2, 0) is 16.0 Å². The van der Waals surface area contributed by atoms with Crippen LogP contribution >= 0.6 is 0 Å². The van der Waals surface area contributed by atoms with Gasteiger partial charge in [0.15, 0.2) is 0 Å². The Bertz CT molecular complexity index is 801. The fourth-order valence-electron chi connectivity index (χ4n) is 3.19. The highest BCUT2D eigenvalue weighted by Gasteiger charge is 2.14. The molecule has 2 aromatic rings. The monoisotopic (exact) mass is 370 g/mol. The number of rotatable bonds is 6. The molecule has 0 unspecified atom stereocenters. The van der Waals surface area contributed by atoms with E-state index < -0.39 is 0 Å². The van der Waals surface area contributed by atoms with E-state index in [1.807, 2.05) is 37.3 Å². The fourth-order valence-corrected chi connectivity index (χ4v) is 3.19. The van der Waals surface area contributed by atoms with Crippen LogP contribution in [0.4, 0.5) is 11.4 Å². The molecule has 0 saturated carbocycles. The first-order valence-electron chi connectivity index (χ1n) is 9.05. The SMILES string of the molecule is COc1ccc(OC)c(CC(=O)Nc2ccc(N3CCOCC3)cc2C)c1. The van der Waals surface area contributed by atoms with Gasteiger partial charge in [-0.3, -0.25) is 4.79 Å². The summed E-state index contributed by atoms with van der Waals surface area (Å²) in [6, 6.07) is 11.6. The lowest BCUT2D eigenvalue weighted by molar-refractivity contribution is -0.115. The number of aryl methyl sites for hydroxylation is 1. The Morgan fingerprint density at radius 3 is 2.56 bits per heavy atom. The molecule has 0 atom stereocenters. The van der Waals surface area contributed by atoms with E-state index in [1.54, 1.807) is 14.2 Å². The summed E-state index contributed by atoms with van der Waals surface area (Å²) in [5.41, 5.74) is 3.80. The third-order valence-electron chi connectivity index (χ3n) is 4.70. The van der Waals surface area contributed by atoms with Crippen LogP contribution in [0.15, 0.2) is 36.4 Å². The predicted octanol–water partition coefficient (Wildman–Crippen LogP) is 3.03. The highest BCUT2D eigenvalue weighted by molar-refractivity contribution is 5.93. The van der Waals surface area contributed by atoms with Crippen molar-refractivity contribution in [2.75, 3.05) is 50.7 Å². The van der Waals surface area contributed by atoms with E-state index in [1.165, 1.54) is 0 Å². The van der Waals surface area contributed by atoms with Crippen molar-refractivity contribution in [1.82, 2.24) is 0 Å². The molecule has 1 N–H and O–H groups in total. The van der Waals surface area contributed by atoms with Crippen LogP contribution in [0, 0.1) is 6.92 Å². The molecule has 0 aliphatic carbocycles. The van der Waals surface area contributed by atoms with Gasteiger partial charge in [-0.25, -0.2) is 0 Å². The van der Waals surface area contributed by atoms with Crippen molar-refractivity contribution in [3.63, 3.8) is 0 Å². The zero-order chi connectivity index (χ0) is 19.2. The van der Waals surface area contributed by atoms with E-state index >= 15 is 0 Å². The molecule has 6 nitrogen and oxygen atoms in total. The maximum Gasteiger partial charge on any atom is 0.228 e. The first-order valence-corrected chi connectivity index (χ1v) is 9.05. The van der Waals surface area contributed by atoms with Gasteiger partial charge < -0.3 is 24.4 Å². The van der Waals surface area contributed by atoms with E-state index in [0.717, 1.165) is 48.8 Å². The van der Waals surface area contributed by atoms with Gasteiger partial charge >= 0.3 is 0 Å². The average molecular weight is 370 g/mol. The van der Waals surface area contributed by atoms with Gasteiger partial charge in [-0.15, -0.1) is 0 Å². The van der Waals surface area contributed by atoms with E-state index in [9.17, 15) is 4.79 Å². The largest absolute Gasteiger partial charge is 0.497 e. The minimum atomic E-state index is -0.0937. The second-order valence-corrected chi connectivity index (χ2v) is 6.50. The van der Waals surface area contributed by atoms with Crippen LogP contribution in [0.1, 0.15) is 11.1 Å². The van der Waals surface area contributed by atoms with Crippen LogP contribution in [-0.4, -0.2) is 46.4 Å². The Morgan fingerprint density at radius 1 is 1.11 bits per heavy atom. The number of hydrogen-bond donors (Lipinski definition) is 1.